The van der Waals surface area contributed by atoms with Crippen molar-refractivity contribution >= 4 is 71.2 Å². The van der Waals surface area contributed by atoms with E-state index in [1.165, 1.54) is 65.5 Å². The Hall–Kier alpha value is -6.52. The summed E-state index contributed by atoms with van der Waals surface area (Å²) in [4.78, 5) is 0. The van der Waals surface area contributed by atoms with Crippen LogP contribution in [0.15, 0.2) is 170 Å². The van der Waals surface area contributed by atoms with E-state index >= 15 is 0 Å². The van der Waals surface area contributed by atoms with Gasteiger partial charge >= 0.3 is 0 Å². The highest BCUT2D eigenvalue weighted by molar-refractivity contribution is 6.26. The third-order valence-corrected chi connectivity index (χ3v) is 10.1. The van der Waals surface area contributed by atoms with Gasteiger partial charge in [0.1, 0.15) is 5.65 Å². The molecule has 4 heterocycles. The molecular formula is C44H28N4. The van der Waals surface area contributed by atoms with Crippen LogP contribution in [-0.4, -0.2) is 18.1 Å². The Bertz CT molecular complexity index is 3040. The molecule has 11 aromatic rings. The number of aromatic nitrogens is 4. The van der Waals surface area contributed by atoms with E-state index in [0.717, 1.165) is 22.7 Å². The SMILES string of the molecule is c1ccc(-n2c3ccccc3c3c2ccc2c4ccccc4n(-c4ccc5c(c4)n4c6ccccc6cc4n5-c4ccccc4)c23)cc1. The molecule has 4 heteroatoms. The molecule has 0 saturated carbocycles. The summed E-state index contributed by atoms with van der Waals surface area (Å²) in [5.41, 5.74) is 13.0. The number of hydrogen-bond acceptors (Lipinski definition) is 0. The Kier molecular flexibility index (Phi) is 5.08. The fourth-order valence-corrected chi connectivity index (χ4v) is 8.18. The number of para-hydroxylation sites is 5. The number of nitrogens with zero attached hydrogens (tertiary/aromatic N) is 4. The van der Waals surface area contributed by atoms with Crippen molar-refractivity contribution in [3.05, 3.63) is 170 Å². The normalized spacial score (nSPS) is 12.2. The average Bonchev–Trinajstić information content (AvgIpc) is 3.87. The van der Waals surface area contributed by atoms with Crippen LogP contribution in [0.3, 0.4) is 0 Å². The first-order valence-electron chi connectivity index (χ1n) is 16.5. The predicted molar refractivity (Wildman–Crippen MR) is 200 cm³/mol. The second-order valence-electron chi connectivity index (χ2n) is 12.6. The molecule has 0 fully saturated rings. The number of hydrogen-bond donors (Lipinski definition) is 0. The van der Waals surface area contributed by atoms with Crippen molar-refractivity contribution in [2.75, 3.05) is 0 Å². The lowest BCUT2D eigenvalue weighted by atomic mass is 10.1. The maximum atomic E-state index is 2.49. The molecule has 0 saturated heterocycles. The number of fused-ring (bicyclic) bond motifs is 12. The van der Waals surface area contributed by atoms with Gasteiger partial charge in [-0.05, 0) is 72.8 Å². The second-order valence-corrected chi connectivity index (χ2v) is 12.6. The molecule has 4 nitrogen and oxygen atoms in total. The van der Waals surface area contributed by atoms with Crippen molar-refractivity contribution in [1.29, 1.82) is 0 Å². The zero-order chi connectivity index (χ0) is 31.3. The van der Waals surface area contributed by atoms with Crippen LogP contribution in [-0.2, 0) is 0 Å². The molecule has 0 atom stereocenters. The maximum Gasteiger partial charge on any atom is 0.123 e. The topological polar surface area (TPSA) is 19.2 Å². The van der Waals surface area contributed by atoms with Crippen LogP contribution in [0.5, 0.6) is 0 Å². The quantitative estimate of drug-likeness (QED) is 0.189. The number of imidazole rings is 1. The van der Waals surface area contributed by atoms with Gasteiger partial charge in [-0.3, -0.25) is 8.97 Å². The van der Waals surface area contributed by atoms with Crippen molar-refractivity contribution in [3.63, 3.8) is 0 Å². The van der Waals surface area contributed by atoms with Gasteiger partial charge in [-0.25, -0.2) is 0 Å². The highest BCUT2D eigenvalue weighted by Gasteiger charge is 2.22. The largest absolute Gasteiger partial charge is 0.309 e. The summed E-state index contributed by atoms with van der Waals surface area (Å²) < 4.78 is 9.71. The van der Waals surface area contributed by atoms with E-state index in [9.17, 15) is 0 Å². The molecule has 0 bridgehead atoms. The molecule has 7 aromatic carbocycles. The van der Waals surface area contributed by atoms with Crippen molar-refractivity contribution in [2.45, 2.75) is 0 Å². The van der Waals surface area contributed by atoms with Gasteiger partial charge in [0.15, 0.2) is 0 Å². The molecule has 11 rings (SSSR count). The minimum absolute atomic E-state index is 1.14. The monoisotopic (exact) mass is 612 g/mol. The van der Waals surface area contributed by atoms with Gasteiger partial charge in [-0.2, -0.15) is 0 Å². The molecule has 0 amide bonds. The average molecular weight is 613 g/mol. The molecule has 224 valence electrons. The van der Waals surface area contributed by atoms with Gasteiger partial charge in [-0.1, -0.05) is 97.1 Å². The minimum atomic E-state index is 1.14. The lowest BCUT2D eigenvalue weighted by Gasteiger charge is -2.11. The van der Waals surface area contributed by atoms with Crippen LogP contribution < -0.4 is 0 Å². The Morgan fingerprint density at radius 1 is 0.312 bits per heavy atom. The van der Waals surface area contributed by atoms with Crippen LogP contribution in [0.25, 0.3) is 88.3 Å². The molecule has 0 spiro atoms. The molecule has 0 aliphatic carbocycles. The van der Waals surface area contributed by atoms with E-state index in [1.54, 1.807) is 0 Å². The summed E-state index contributed by atoms with van der Waals surface area (Å²) in [6.45, 7) is 0. The maximum absolute atomic E-state index is 2.49. The molecule has 0 aliphatic heterocycles. The van der Waals surface area contributed by atoms with Gasteiger partial charge < -0.3 is 9.13 Å². The van der Waals surface area contributed by atoms with Crippen molar-refractivity contribution < 1.29 is 0 Å². The second kappa shape index (κ2) is 9.50. The van der Waals surface area contributed by atoms with E-state index in [0.29, 0.717) is 0 Å². The highest BCUT2D eigenvalue weighted by Crippen LogP contribution is 2.42. The van der Waals surface area contributed by atoms with E-state index in [-0.39, 0.29) is 0 Å². The van der Waals surface area contributed by atoms with Crippen LogP contribution in [0.4, 0.5) is 0 Å². The van der Waals surface area contributed by atoms with Gasteiger partial charge in [0.2, 0.25) is 0 Å². The summed E-state index contributed by atoms with van der Waals surface area (Å²) in [7, 11) is 0. The zero-order valence-corrected chi connectivity index (χ0v) is 26.0. The first-order valence-corrected chi connectivity index (χ1v) is 16.5. The third-order valence-electron chi connectivity index (χ3n) is 10.1. The fraction of sp³-hybridized carbons (Fsp3) is 0. The summed E-state index contributed by atoms with van der Waals surface area (Å²) in [6.07, 6.45) is 0. The minimum Gasteiger partial charge on any atom is -0.309 e. The predicted octanol–water partition coefficient (Wildman–Crippen LogP) is 11.2. The first kappa shape index (κ1) is 25.6. The van der Waals surface area contributed by atoms with Gasteiger partial charge in [0.25, 0.3) is 0 Å². The third kappa shape index (κ3) is 3.33. The molecule has 0 aliphatic rings. The first-order chi connectivity index (χ1) is 23.8. The summed E-state index contributed by atoms with van der Waals surface area (Å²) in [6, 6.07) is 61.7. The Morgan fingerprint density at radius 3 is 1.69 bits per heavy atom. The smallest absolute Gasteiger partial charge is 0.123 e. The summed E-state index contributed by atoms with van der Waals surface area (Å²) >= 11 is 0. The van der Waals surface area contributed by atoms with E-state index in [2.05, 4.69) is 188 Å². The van der Waals surface area contributed by atoms with Gasteiger partial charge in [-0.15, -0.1) is 0 Å². The van der Waals surface area contributed by atoms with Gasteiger partial charge in [0, 0.05) is 44.0 Å². The molecule has 4 aromatic heterocycles. The zero-order valence-electron chi connectivity index (χ0n) is 26.0. The molecular weight excluding hydrogens is 585 g/mol. The Balaban J connectivity index is 1.31. The van der Waals surface area contributed by atoms with Crippen molar-refractivity contribution in [2.24, 2.45) is 0 Å². The highest BCUT2D eigenvalue weighted by atomic mass is 15.1. The van der Waals surface area contributed by atoms with Crippen LogP contribution in [0.1, 0.15) is 0 Å². The number of rotatable bonds is 3. The molecule has 48 heavy (non-hydrogen) atoms. The molecule has 0 unspecified atom stereocenters. The van der Waals surface area contributed by atoms with E-state index < -0.39 is 0 Å². The van der Waals surface area contributed by atoms with Gasteiger partial charge in [0.05, 0.1) is 38.6 Å². The summed E-state index contributed by atoms with van der Waals surface area (Å²) in [5.74, 6) is 0. The van der Waals surface area contributed by atoms with Crippen LogP contribution in [0.2, 0.25) is 0 Å². The van der Waals surface area contributed by atoms with Crippen LogP contribution in [0, 0.1) is 0 Å². The summed E-state index contributed by atoms with van der Waals surface area (Å²) in [5, 5.41) is 6.26. The van der Waals surface area contributed by atoms with E-state index in [4.69, 9.17) is 0 Å². The fourth-order valence-electron chi connectivity index (χ4n) is 8.18. The standard InChI is InChI=1S/C44H28N4/c1-3-14-30(15-4-1)45-38-22-12-9-19-35(38)43-40(45)26-24-34-33-18-8-11-21-37(33)47(44(34)43)32-23-25-39-41(28-32)48-36-20-10-7-13-29(36)27-42(48)46(39)31-16-5-2-6-17-31/h1-28H. The number of benzene rings is 7. The van der Waals surface area contributed by atoms with Crippen molar-refractivity contribution in [1.82, 2.24) is 18.1 Å². The lowest BCUT2D eigenvalue weighted by Crippen LogP contribution is -1.96. The van der Waals surface area contributed by atoms with Crippen LogP contribution >= 0.6 is 0 Å². The Morgan fingerprint density at radius 2 is 0.917 bits per heavy atom. The van der Waals surface area contributed by atoms with E-state index in [1.807, 2.05) is 0 Å². The molecule has 0 N–H and O–H groups in total. The lowest BCUT2D eigenvalue weighted by molar-refractivity contribution is 1.15. The van der Waals surface area contributed by atoms with Crippen molar-refractivity contribution in [3.8, 4) is 17.1 Å². The molecule has 0 radical (unpaired) electrons. The Labute approximate surface area is 275 Å².